The molecule has 3 aromatic rings. The zero-order chi connectivity index (χ0) is 26.1. The molecule has 0 aliphatic carbocycles. The first-order valence-electron chi connectivity index (χ1n) is 11.0. The van der Waals surface area contributed by atoms with Crippen molar-refractivity contribution in [3.05, 3.63) is 55.2 Å². The molecule has 0 saturated heterocycles. The van der Waals surface area contributed by atoms with Gasteiger partial charge in [-0.1, -0.05) is 37.7 Å². The first kappa shape index (κ1) is 26.4. The highest BCUT2D eigenvalue weighted by Gasteiger charge is 2.48. The van der Waals surface area contributed by atoms with E-state index in [0.717, 1.165) is 0 Å². The standard InChI is InChI=1S/C24H22Br2N4O5S/c1-5-16(31)29-14-10-8-7-9-12(14)20-22(33)27-24(36-4)28-30(20)23(29)18-19(26)13(25)11-15(34-3)21(18)35-17(32)6-2/h7-11,23H,5-6H2,1-4H3/p+1/t23-/m1/s1. The number of benzene rings is 2. The van der Waals surface area contributed by atoms with Crippen LogP contribution in [0.3, 0.4) is 0 Å². The molecular weight excluding hydrogens is 616 g/mol. The molecule has 0 unspecified atom stereocenters. The molecule has 0 fully saturated rings. The average molecular weight is 639 g/mol. The Labute approximate surface area is 228 Å². The molecule has 0 saturated carbocycles. The molecule has 1 N–H and O–H groups in total. The number of halogens is 2. The lowest BCUT2D eigenvalue weighted by Crippen LogP contribution is -2.61. The van der Waals surface area contributed by atoms with Gasteiger partial charge in [0.1, 0.15) is 5.56 Å². The minimum absolute atomic E-state index is 0.125. The number of fused-ring (bicyclic) bond motifs is 3. The number of carbonyl (C=O) groups excluding carboxylic acids is 2. The van der Waals surface area contributed by atoms with E-state index >= 15 is 0 Å². The van der Waals surface area contributed by atoms with E-state index in [1.54, 1.807) is 55.3 Å². The lowest BCUT2D eigenvalue weighted by Gasteiger charge is -2.33. The molecule has 2 heterocycles. The van der Waals surface area contributed by atoms with Crippen molar-refractivity contribution in [2.45, 2.75) is 38.0 Å². The van der Waals surface area contributed by atoms with E-state index in [1.165, 1.54) is 23.6 Å². The Kier molecular flexibility index (Phi) is 7.86. The van der Waals surface area contributed by atoms with Crippen molar-refractivity contribution in [2.75, 3.05) is 18.3 Å². The second-order valence-electron chi connectivity index (χ2n) is 7.71. The van der Waals surface area contributed by atoms with Crippen LogP contribution in [0.15, 0.2) is 49.2 Å². The van der Waals surface area contributed by atoms with Crippen molar-refractivity contribution >= 4 is 61.2 Å². The molecule has 36 heavy (non-hydrogen) atoms. The van der Waals surface area contributed by atoms with Gasteiger partial charge in [-0.2, -0.15) is 0 Å². The van der Waals surface area contributed by atoms with Crippen molar-refractivity contribution in [3.63, 3.8) is 0 Å². The smallest absolute Gasteiger partial charge is 0.325 e. The minimum Gasteiger partial charge on any atom is -0.493 e. The summed E-state index contributed by atoms with van der Waals surface area (Å²) in [6.07, 6.45) is 1.13. The molecule has 0 radical (unpaired) electrons. The summed E-state index contributed by atoms with van der Waals surface area (Å²) in [5.74, 6) is -0.287. The van der Waals surface area contributed by atoms with Crippen LogP contribution in [0, 0.1) is 0 Å². The summed E-state index contributed by atoms with van der Waals surface area (Å²) in [6, 6.07) is 8.82. The summed E-state index contributed by atoms with van der Waals surface area (Å²) in [5, 5.41) is 5.06. The lowest BCUT2D eigenvalue weighted by molar-refractivity contribution is -0.763. The van der Waals surface area contributed by atoms with E-state index < -0.39 is 12.1 Å². The fraction of sp³-hybridized carbons (Fsp3) is 0.292. The number of esters is 1. The fourth-order valence-electron chi connectivity index (χ4n) is 4.04. The maximum absolute atomic E-state index is 13.5. The van der Waals surface area contributed by atoms with E-state index in [4.69, 9.17) is 14.6 Å². The van der Waals surface area contributed by atoms with Crippen molar-refractivity contribution < 1.29 is 23.7 Å². The van der Waals surface area contributed by atoms with Crippen LogP contribution in [-0.4, -0.2) is 35.3 Å². The number of ether oxygens (including phenoxy) is 2. The van der Waals surface area contributed by atoms with Crippen molar-refractivity contribution in [3.8, 4) is 22.8 Å². The lowest BCUT2D eigenvalue weighted by atomic mass is 10.00. The van der Waals surface area contributed by atoms with Gasteiger partial charge in [-0.15, -0.1) is 0 Å². The topological polar surface area (TPSA) is 105 Å². The van der Waals surface area contributed by atoms with Gasteiger partial charge in [0.25, 0.3) is 6.17 Å². The second-order valence-corrected chi connectivity index (χ2v) is 10.2. The highest BCUT2D eigenvalue weighted by Crippen LogP contribution is 2.48. The fourth-order valence-corrected chi connectivity index (χ4v) is 5.33. The van der Waals surface area contributed by atoms with Crippen LogP contribution in [0.2, 0.25) is 0 Å². The Balaban J connectivity index is 2.18. The van der Waals surface area contributed by atoms with Crippen LogP contribution < -0.4 is 24.6 Å². The van der Waals surface area contributed by atoms with Crippen LogP contribution in [-0.2, 0) is 9.59 Å². The maximum atomic E-state index is 13.5. The number of carbonyl (C=O) groups is 2. The molecule has 0 bridgehead atoms. The number of nitrogens with one attached hydrogen (secondary N) is 1. The quantitative estimate of drug-likeness (QED) is 0.182. The van der Waals surface area contributed by atoms with Gasteiger partial charge < -0.3 is 9.47 Å². The van der Waals surface area contributed by atoms with Crippen LogP contribution in [0.1, 0.15) is 38.4 Å². The molecule has 188 valence electrons. The van der Waals surface area contributed by atoms with Crippen LogP contribution in [0.4, 0.5) is 5.69 Å². The summed E-state index contributed by atoms with van der Waals surface area (Å²) in [6.45, 7) is 3.44. The molecule has 1 aliphatic rings. The Bertz CT molecular complexity index is 1430. The second kappa shape index (κ2) is 10.7. The molecule has 0 spiro atoms. The summed E-state index contributed by atoms with van der Waals surface area (Å²) >= 11 is 8.42. The number of thioether (sulfide) groups is 1. The van der Waals surface area contributed by atoms with E-state index in [1.807, 2.05) is 0 Å². The summed E-state index contributed by atoms with van der Waals surface area (Å²) in [7, 11) is 1.46. The zero-order valence-electron chi connectivity index (χ0n) is 19.9. The number of nitrogens with zero attached hydrogens (tertiary/aromatic N) is 3. The number of aromatic nitrogens is 3. The monoisotopic (exact) mass is 637 g/mol. The first-order chi connectivity index (χ1) is 17.3. The number of aromatic amines is 1. The van der Waals surface area contributed by atoms with Gasteiger partial charge in [-0.05, 0) is 61.0 Å². The third-order valence-corrected chi connectivity index (χ3v) is 8.26. The number of anilines is 1. The minimum atomic E-state index is -0.976. The summed E-state index contributed by atoms with van der Waals surface area (Å²) < 4.78 is 14.0. The molecule has 9 nitrogen and oxygen atoms in total. The molecule has 2 aromatic carbocycles. The van der Waals surface area contributed by atoms with Crippen LogP contribution >= 0.6 is 43.6 Å². The largest absolute Gasteiger partial charge is 0.493 e. The number of H-pyrrole nitrogens is 1. The Morgan fingerprint density at radius 1 is 1.22 bits per heavy atom. The molecule has 1 aliphatic heterocycles. The van der Waals surface area contributed by atoms with Crippen molar-refractivity contribution in [1.29, 1.82) is 0 Å². The number of amides is 1. The van der Waals surface area contributed by atoms with Gasteiger partial charge in [0.2, 0.25) is 11.1 Å². The third-order valence-electron chi connectivity index (χ3n) is 5.68. The molecule has 1 amide bonds. The van der Waals surface area contributed by atoms with Gasteiger partial charge in [0.05, 0.1) is 18.4 Å². The van der Waals surface area contributed by atoms with E-state index in [0.29, 0.717) is 30.9 Å². The van der Waals surface area contributed by atoms with Gasteiger partial charge in [-0.3, -0.25) is 19.4 Å². The summed E-state index contributed by atoms with van der Waals surface area (Å²) in [5.41, 5.74) is 1.41. The Hall–Kier alpha value is -2.70. The van der Waals surface area contributed by atoms with Crippen molar-refractivity contribution in [1.82, 2.24) is 10.1 Å². The zero-order valence-corrected chi connectivity index (χ0v) is 23.9. The normalized spacial score (nSPS) is 14.2. The van der Waals surface area contributed by atoms with Gasteiger partial charge >= 0.3 is 17.2 Å². The molecule has 12 heteroatoms. The van der Waals surface area contributed by atoms with Gasteiger partial charge in [-0.25, -0.2) is 4.90 Å². The SMILES string of the molecule is CCC(=O)Oc1c(OC)cc(Br)c(Br)c1[C@@H]1N(C(=O)CC)c2ccccc2-c2c(=O)[nH]c(SC)n[n+]21. The molecule has 1 aromatic heterocycles. The number of methoxy groups -OCH3 is 1. The predicted molar refractivity (Wildman–Crippen MR) is 143 cm³/mol. The van der Waals surface area contributed by atoms with Gasteiger partial charge in [0.15, 0.2) is 11.5 Å². The van der Waals surface area contributed by atoms with Crippen molar-refractivity contribution in [2.24, 2.45) is 0 Å². The Morgan fingerprint density at radius 2 is 1.94 bits per heavy atom. The molecule has 4 rings (SSSR count). The molecular formula is C24H23Br2N4O5S+. The first-order valence-corrected chi connectivity index (χ1v) is 13.9. The van der Waals surface area contributed by atoms with Crippen LogP contribution in [0.25, 0.3) is 11.3 Å². The van der Waals surface area contributed by atoms with E-state index in [2.05, 4.69) is 36.8 Å². The third kappa shape index (κ3) is 4.46. The van der Waals surface area contributed by atoms with E-state index in [-0.39, 0.29) is 41.5 Å². The predicted octanol–water partition coefficient (Wildman–Crippen LogP) is 4.60. The average Bonchev–Trinajstić information content (AvgIpc) is 2.89. The number of para-hydroxylation sites is 1. The molecule has 1 atom stereocenters. The van der Waals surface area contributed by atoms with Crippen LogP contribution in [0.5, 0.6) is 11.5 Å². The Morgan fingerprint density at radius 3 is 2.58 bits per heavy atom. The highest BCUT2D eigenvalue weighted by molar-refractivity contribution is 9.13. The number of rotatable bonds is 6. The number of hydrogen-bond acceptors (Lipinski definition) is 7. The highest BCUT2D eigenvalue weighted by atomic mass is 79.9. The number of hydrogen-bond donors (Lipinski definition) is 1. The van der Waals surface area contributed by atoms with Gasteiger partial charge in [0, 0.05) is 26.9 Å². The summed E-state index contributed by atoms with van der Waals surface area (Å²) in [4.78, 5) is 43.7. The maximum Gasteiger partial charge on any atom is 0.325 e. The van der Waals surface area contributed by atoms with E-state index in [9.17, 15) is 14.4 Å².